The Balaban J connectivity index is 2.17. The molecular weight excluding hydrogens is 204 g/mol. The number of aromatic nitrogens is 2. The van der Waals surface area contributed by atoms with Crippen molar-refractivity contribution in [2.75, 3.05) is 24.5 Å². The van der Waals surface area contributed by atoms with Crippen molar-refractivity contribution in [3.63, 3.8) is 0 Å². The molecule has 5 nitrogen and oxygen atoms in total. The van der Waals surface area contributed by atoms with Gasteiger partial charge in [0.1, 0.15) is 5.82 Å². The van der Waals surface area contributed by atoms with Gasteiger partial charge in [0.05, 0.1) is 6.33 Å². The summed E-state index contributed by atoms with van der Waals surface area (Å²) in [5, 5.41) is 3.38. The summed E-state index contributed by atoms with van der Waals surface area (Å²) in [5.74, 6) is 0.778. The number of likely N-dealkylation sites (N-methyl/N-ethyl adjacent to an activating group) is 1. The zero-order chi connectivity index (χ0) is 11.4. The lowest BCUT2D eigenvalue weighted by Gasteiger charge is -2.34. The number of anilines is 1. The minimum Gasteiger partial charge on any atom is -0.352 e. The molecule has 5 heteroatoms. The Labute approximate surface area is 94.9 Å². The van der Waals surface area contributed by atoms with Crippen molar-refractivity contribution in [3.8, 4) is 0 Å². The second-order valence-electron chi connectivity index (χ2n) is 4.06. The van der Waals surface area contributed by atoms with E-state index < -0.39 is 0 Å². The van der Waals surface area contributed by atoms with E-state index in [4.69, 9.17) is 0 Å². The fourth-order valence-electron chi connectivity index (χ4n) is 2.22. The van der Waals surface area contributed by atoms with Crippen molar-refractivity contribution in [1.82, 2.24) is 15.3 Å². The van der Waals surface area contributed by atoms with Gasteiger partial charge in [-0.3, -0.25) is 4.79 Å². The van der Waals surface area contributed by atoms with Crippen LogP contribution >= 0.6 is 0 Å². The molecule has 2 heterocycles. The first-order valence-corrected chi connectivity index (χ1v) is 5.83. The molecule has 0 spiro atoms. The zero-order valence-electron chi connectivity index (χ0n) is 9.57. The van der Waals surface area contributed by atoms with E-state index in [-0.39, 0.29) is 5.56 Å². The number of hydrogen-bond acceptors (Lipinski definition) is 4. The lowest BCUT2D eigenvalue weighted by Crippen LogP contribution is -2.46. The summed E-state index contributed by atoms with van der Waals surface area (Å²) < 4.78 is 0. The van der Waals surface area contributed by atoms with E-state index in [9.17, 15) is 4.79 Å². The number of aromatic amines is 1. The predicted octanol–water partition coefficient (Wildman–Crippen LogP) is 0.348. The smallest absolute Gasteiger partial charge is 0.252 e. The van der Waals surface area contributed by atoms with Crippen LogP contribution in [0.5, 0.6) is 0 Å². The van der Waals surface area contributed by atoms with Crippen LogP contribution in [0, 0.1) is 0 Å². The molecule has 0 bridgehead atoms. The van der Waals surface area contributed by atoms with E-state index in [0.29, 0.717) is 6.04 Å². The molecule has 0 aliphatic carbocycles. The Kier molecular flexibility index (Phi) is 3.56. The van der Waals surface area contributed by atoms with Crippen LogP contribution in [0.4, 0.5) is 5.82 Å². The van der Waals surface area contributed by atoms with Crippen LogP contribution in [0.1, 0.15) is 19.8 Å². The molecular formula is C11H18N4O. The van der Waals surface area contributed by atoms with Gasteiger partial charge in [-0.2, -0.15) is 0 Å². The van der Waals surface area contributed by atoms with E-state index >= 15 is 0 Å². The Morgan fingerprint density at radius 2 is 2.50 bits per heavy atom. The Bertz CT molecular complexity index is 384. The molecule has 1 aliphatic heterocycles. The van der Waals surface area contributed by atoms with Crippen molar-refractivity contribution in [2.45, 2.75) is 25.8 Å². The first-order valence-electron chi connectivity index (χ1n) is 5.83. The van der Waals surface area contributed by atoms with Crippen molar-refractivity contribution < 1.29 is 0 Å². The van der Waals surface area contributed by atoms with Crippen LogP contribution in [0.2, 0.25) is 0 Å². The van der Waals surface area contributed by atoms with Crippen LogP contribution in [-0.2, 0) is 0 Å². The fourth-order valence-corrected chi connectivity index (χ4v) is 2.22. The number of nitrogens with zero attached hydrogens (tertiary/aromatic N) is 2. The molecule has 0 amide bonds. The maximum Gasteiger partial charge on any atom is 0.252 e. The second kappa shape index (κ2) is 5.12. The normalized spacial score (nSPS) is 20.7. The van der Waals surface area contributed by atoms with Gasteiger partial charge >= 0.3 is 0 Å². The number of rotatable bonds is 3. The van der Waals surface area contributed by atoms with E-state index in [0.717, 1.165) is 31.9 Å². The van der Waals surface area contributed by atoms with E-state index in [1.54, 1.807) is 6.07 Å². The van der Waals surface area contributed by atoms with Crippen LogP contribution in [-0.4, -0.2) is 35.6 Å². The second-order valence-corrected chi connectivity index (χ2v) is 4.06. The minimum atomic E-state index is -0.0905. The van der Waals surface area contributed by atoms with E-state index in [1.165, 1.54) is 12.7 Å². The third kappa shape index (κ3) is 2.41. The molecule has 1 unspecified atom stereocenters. The van der Waals surface area contributed by atoms with Crippen molar-refractivity contribution in [2.24, 2.45) is 0 Å². The standard InChI is InChI=1S/C11H18N4O/c1-2-15(9-4-3-5-12-7-9)10-6-11(16)14-8-13-10/h6,8-9,12H,2-5,7H2,1H3,(H,13,14,16). The highest BCUT2D eigenvalue weighted by atomic mass is 16.1. The maximum atomic E-state index is 11.3. The number of hydrogen-bond donors (Lipinski definition) is 2. The summed E-state index contributed by atoms with van der Waals surface area (Å²) in [7, 11) is 0. The lowest BCUT2D eigenvalue weighted by atomic mass is 10.1. The molecule has 2 N–H and O–H groups in total. The highest BCUT2D eigenvalue weighted by Gasteiger charge is 2.20. The van der Waals surface area contributed by atoms with Crippen LogP contribution in [0.25, 0.3) is 0 Å². The van der Waals surface area contributed by atoms with Gasteiger partial charge in [0.25, 0.3) is 5.56 Å². The van der Waals surface area contributed by atoms with Crippen molar-refractivity contribution >= 4 is 5.82 Å². The Morgan fingerprint density at radius 1 is 1.62 bits per heavy atom. The molecule has 88 valence electrons. The van der Waals surface area contributed by atoms with Gasteiger partial charge in [-0.15, -0.1) is 0 Å². The van der Waals surface area contributed by atoms with Crippen LogP contribution in [0.3, 0.4) is 0 Å². The van der Waals surface area contributed by atoms with Gasteiger partial charge in [-0.25, -0.2) is 4.98 Å². The number of H-pyrrole nitrogens is 1. The lowest BCUT2D eigenvalue weighted by molar-refractivity contribution is 0.433. The summed E-state index contributed by atoms with van der Waals surface area (Å²) >= 11 is 0. The zero-order valence-corrected chi connectivity index (χ0v) is 9.57. The fraction of sp³-hybridized carbons (Fsp3) is 0.636. The summed E-state index contributed by atoms with van der Waals surface area (Å²) in [6.07, 6.45) is 3.82. The summed E-state index contributed by atoms with van der Waals surface area (Å²) in [5.41, 5.74) is -0.0905. The van der Waals surface area contributed by atoms with Crippen molar-refractivity contribution in [3.05, 3.63) is 22.7 Å². The van der Waals surface area contributed by atoms with Crippen molar-refractivity contribution in [1.29, 1.82) is 0 Å². The summed E-state index contributed by atoms with van der Waals surface area (Å²) in [4.78, 5) is 20.2. The first kappa shape index (κ1) is 11.1. The molecule has 1 saturated heterocycles. The molecule has 0 aromatic carbocycles. The van der Waals surface area contributed by atoms with E-state index in [2.05, 4.69) is 27.1 Å². The van der Waals surface area contributed by atoms with Crippen LogP contribution in [0.15, 0.2) is 17.2 Å². The quantitative estimate of drug-likeness (QED) is 0.774. The maximum absolute atomic E-state index is 11.3. The van der Waals surface area contributed by atoms with Crippen LogP contribution < -0.4 is 15.8 Å². The highest BCUT2D eigenvalue weighted by molar-refractivity contribution is 5.38. The van der Waals surface area contributed by atoms with Gasteiger partial charge in [0, 0.05) is 25.2 Å². The molecule has 1 fully saturated rings. The average Bonchev–Trinajstić information content (AvgIpc) is 2.31. The average molecular weight is 222 g/mol. The predicted molar refractivity (Wildman–Crippen MR) is 63.8 cm³/mol. The third-order valence-electron chi connectivity index (χ3n) is 3.01. The molecule has 2 rings (SSSR count). The van der Waals surface area contributed by atoms with Gasteiger partial charge in [-0.05, 0) is 26.3 Å². The topological polar surface area (TPSA) is 61.0 Å². The van der Waals surface area contributed by atoms with Gasteiger partial charge in [-0.1, -0.05) is 0 Å². The SMILES string of the molecule is CCN(c1cc(=O)[nH]cn1)C1CCCNC1. The van der Waals surface area contributed by atoms with Gasteiger partial charge < -0.3 is 15.2 Å². The summed E-state index contributed by atoms with van der Waals surface area (Å²) in [6, 6.07) is 2.02. The molecule has 1 atom stereocenters. The first-order chi connectivity index (χ1) is 7.81. The number of piperidine rings is 1. The molecule has 0 saturated carbocycles. The van der Waals surface area contributed by atoms with Gasteiger partial charge in [0.15, 0.2) is 0 Å². The third-order valence-corrected chi connectivity index (χ3v) is 3.01. The summed E-state index contributed by atoms with van der Waals surface area (Å²) in [6.45, 7) is 5.04. The Hall–Kier alpha value is -1.36. The number of nitrogens with one attached hydrogen (secondary N) is 2. The molecule has 1 aromatic rings. The Morgan fingerprint density at radius 3 is 3.12 bits per heavy atom. The molecule has 16 heavy (non-hydrogen) atoms. The molecule has 1 aliphatic rings. The highest BCUT2D eigenvalue weighted by Crippen LogP contribution is 2.16. The van der Waals surface area contributed by atoms with Gasteiger partial charge in [0.2, 0.25) is 0 Å². The van der Waals surface area contributed by atoms with E-state index in [1.807, 2.05) is 0 Å². The largest absolute Gasteiger partial charge is 0.352 e. The monoisotopic (exact) mass is 222 g/mol. The molecule has 0 radical (unpaired) electrons. The molecule has 1 aromatic heterocycles. The minimum absolute atomic E-state index is 0.0905.